The lowest BCUT2D eigenvalue weighted by Gasteiger charge is -2.34. The third kappa shape index (κ3) is 3.97. The molecular formula is C12H26N2. The van der Waals surface area contributed by atoms with Crippen molar-refractivity contribution in [3.8, 4) is 0 Å². The summed E-state index contributed by atoms with van der Waals surface area (Å²) in [5.74, 6) is 0.820. The van der Waals surface area contributed by atoms with E-state index in [2.05, 4.69) is 31.4 Å². The molecule has 1 fully saturated rings. The Bertz CT molecular complexity index is 150. The summed E-state index contributed by atoms with van der Waals surface area (Å²) in [5.41, 5.74) is 0.540. The standard InChI is InChI=1S/C12H26N2/c1-4-11(2)9-14-10-12(3)5-7-13-8-6-12/h11,13-14H,4-10H2,1-3H3. The predicted octanol–water partition coefficient (Wildman–Crippen LogP) is 2.01. The molecule has 0 saturated carbocycles. The quantitative estimate of drug-likeness (QED) is 0.706. The topological polar surface area (TPSA) is 24.1 Å². The summed E-state index contributed by atoms with van der Waals surface area (Å²) in [6.45, 7) is 11.8. The van der Waals surface area contributed by atoms with Gasteiger partial charge in [-0.3, -0.25) is 0 Å². The SMILES string of the molecule is CCC(C)CNCC1(C)CCNCC1. The van der Waals surface area contributed by atoms with Crippen LogP contribution in [0.2, 0.25) is 0 Å². The molecule has 0 spiro atoms. The van der Waals surface area contributed by atoms with Crippen LogP contribution in [0.25, 0.3) is 0 Å². The van der Waals surface area contributed by atoms with Gasteiger partial charge in [-0.2, -0.15) is 0 Å². The molecule has 1 rings (SSSR count). The second-order valence-electron chi connectivity index (χ2n) is 5.20. The maximum atomic E-state index is 3.62. The zero-order valence-electron chi connectivity index (χ0n) is 10.0. The average molecular weight is 198 g/mol. The monoisotopic (exact) mass is 198 g/mol. The molecule has 0 bridgehead atoms. The van der Waals surface area contributed by atoms with Crippen molar-refractivity contribution in [2.24, 2.45) is 11.3 Å². The summed E-state index contributed by atoms with van der Waals surface area (Å²) in [6.07, 6.45) is 3.92. The van der Waals surface area contributed by atoms with Gasteiger partial charge >= 0.3 is 0 Å². The summed E-state index contributed by atoms with van der Waals surface area (Å²) >= 11 is 0. The largest absolute Gasteiger partial charge is 0.317 e. The third-order valence-corrected chi connectivity index (χ3v) is 3.55. The minimum atomic E-state index is 0.540. The molecule has 1 saturated heterocycles. The lowest BCUT2D eigenvalue weighted by Crippen LogP contribution is -2.42. The number of hydrogen-bond donors (Lipinski definition) is 2. The lowest BCUT2D eigenvalue weighted by molar-refractivity contribution is 0.217. The van der Waals surface area contributed by atoms with Crippen molar-refractivity contribution < 1.29 is 0 Å². The van der Waals surface area contributed by atoms with E-state index in [4.69, 9.17) is 0 Å². The van der Waals surface area contributed by atoms with Crippen LogP contribution in [0.4, 0.5) is 0 Å². The molecule has 1 aliphatic rings. The van der Waals surface area contributed by atoms with E-state index in [9.17, 15) is 0 Å². The van der Waals surface area contributed by atoms with Crippen LogP contribution in [0, 0.1) is 11.3 Å². The van der Waals surface area contributed by atoms with Crippen molar-refractivity contribution in [2.45, 2.75) is 40.0 Å². The fourth-order valence-electron chi connectivity index (χ4n) is 1.97. The van der Waals surface area contributed by atoms with Gasteiger partial charge in [0, 0.05) is 6.54 Å². The van der Waals surface area contributed by atoms with Gasteiger partial charge < -0.3 is 10.6 Å². The Morgan fingerprint density at radius 2 is 2.00 bits per heavy atom. The molecule has 0 aromatic rings. The second kappa shape index (κ2) is 5.72. The van der Waals surface area contributed by atoms with Crippen molar-refractivity contribution in [3.05, 3.63) is 0 Å². The van der Waals surface area contributed by atoms with Crippen LogP contribution < -0.4 is 10.6 Å². The molecule has 14 heavy (non-hydrogen) atoms. The molecule has 2 heteroatoms. The molecule has 1 aliphatic heterocycles. The van der Waals surface area contributed by atoms with Crippen LogP contribution in [0.3, 0.4) is 0 Å². The molecule has 0 aromatic heterocycles. The number of hydrogen-bond acceptors (Lipinski definition) is 2. The molecule has 2 nitrogen and oxygen atoms in total. The summed E-state index contributed by atoms with van der Waals surface area (Å²) in [5, 5.41) is 7.04. The minimum Gasteiger partial charge on any atom is -0.317 e. The molecule has 0 aliphatic carbocycles. The van der Waals surface area contributed by atoms with Gasteiger partial charge in [0.2, 0.25) is 0 Å². The van der Waals surface area contributed by atoms with Crippen LogP contribution in [-0.2, 0) is 0 Å². The van der Waals surface area contributed by atoms with E-state index in [0.29, 0.717) is 5.41 Å². The number of nitrogens with one attached hydrogen (secondary N) is 2. The lowest BCUT2D eigenvalue weighted by atomic mass is 9.81. The predicted molar refractivity (Wildman–Crippen MR) is 62.5 cm³/mol. The van der Waals surface area contributed by atoms with Gasteiger partial charge in [0.05, 0.1) is 0 Å². The van der Waals surface area contributed by atoms with Crippen molar-refractivity contribution in [1.29, 1.82) is 0 Å². The second-order valence-corrected chi connectivity index (χ2v) is 5.20. The van der Waals surface area contributed by atoms with Crippen molar-refractivity contribution >= 4 is 0 Å². The highest BCUT2D eigenvalue weighted by molar-refractivity contribution is 4.82. The number of piperidine rings is 1. The smallest absolute Gasteiger partial charge is 0.000623 e. The highest BCUT2D eigenvalue weighted by atomic mass is 14.9. The normalized spacial score (nSPS) is 23.4. The summed E-state index contributed by atoms with van der Waals surface area (Å²) in [6, 6.07) is 0. The van der Waals surface area contributed by atoms with Gasteiger partial charge in [-0.05, 0) is 43.8 Å². The fourth-order valence-corrected chi connectivity index (χ4v) is 1.97. The summed E-state index contributed by atoms with van der Waals surface area (Å²) in [7, 11) is 0. The van der Waals surface area contributed by atoms with E-state index in [1.54, 1.807) is 0 Å². The first-order valence-corrected chi connectivity index (χ1v) is 6.08. The van der Waals surface area contributed by atoms with Crippen molar-refractivity contribution in [2.75, 3.05) is 26.2 Å². The highest BCUT2D eigenvalue weighted by Crippen LogP contribution is 2.26. The molecule has 84 valence electrons. The molecule has 1 unspecified atom stereocenters. The average Bonchev–Trinajstić information content (AvgIpc) is 2.18. The maximum absolute atomic E-state index is 3.62. The summed E-state index contributed by atoms with van der Waals surface area (Å²) < 4.78 is 0. The minimum absolute atomic E-state index is 0.540. The Labute approximate surface area is 88.8 Å². The molecule has 0 amide bonds. The van der Waals surface area contributed by atoms with Crippen LogP contribution in [0.5, 0.6) is 0 Å². The zero-order valence-corrected chi connectivity index (χ0v) is 10.0. The van der Waals surface area contributed by atoms with Crippen LogP contribution in [0.1, 0.15) is 40.0 Å². The highest BCUT2D eigenvalue weighted by Gasteiger charge is 2.25. The van der Waals surface area contributed by atoms with E-state index in [-0.39, 0.29) is 0 Å². The van der Waals surface area contributed by atoms with Gasteiger partial charge in [0.25, 0.3) is 0 Å². The molecule has 1 atom stereocenters. The Morgan fingerprint density at radius 1 is 1.36 bits per heavy atom. The van der Waals surface area contributed by atoms with E-state index >= 15 is 0 Å². The van der Waals surface area contributed by atoms with Gasteiger partial charge in [0.15, 0.2) is 0 Å². The Balaban J connectivity index is 2.15. The first-order chi connectivity index (χ1) is 6.66. The van der Waals surface area contributed by atoms with Gasteiger partial charge in [-0.1, -0.05) is 27.2 Å². The third-order valence-electron chi connectivity index (χ3n) is 3.55. The zero-order chi connectivity index (χ0) is 10.4. The summed E-state index contributed by atoms with van der Waals surface area (Å²) in [4.78, 5) is 0. The van der Waals surface area contributed by atoms with Crippen molar-refractivity contribution in [3.63, 3.8) is 0 Å². The Kier molecular flexibility index (Phi) is 4.90. The molecule has 1 heterocycles. The fraction of sp³-hybridized carbons (Fsp3) is 1.00. The van der Waals surface area contributed by atoms with Gasteiger partial charge in [0.1, 0.15) is 0 Å². The first-order valence-electron chi connectivity index (χ1n) is 6.08. The maximum Gasteiger partial charge on any atom is 0.000623 e. The van der Waals surface area contributed by atoms with Crippen LogP contribution in [0.15, 0.2) is 0 Å². The molecular weight excluding hydrogens is 172 g/mol. The van der Waals surface area contributed by atoms with E-state index in [1.807, 2.05) is 0 Å². The van der Waals surface area contributed by atoms with Crippen LogP contribution >= 0.6 is 0 Å². The van der Waals surface area contributed by atoms with E-state index in [0.717, 1.165) is 5.92 Å². The van der Waals surface area contributed by atoms with Crippen molar-refractivity contribution in [1.82, 2.24) is 10.6 Å². The Hall–Kier alpha value is -0.0800. The van der Waals surface area contributed by atoms with Gasteiger partial charge in [-0.15, -0.1) is 0 Å². The molecule has 0 radical (unpaired) electrons. The van der Waals surface area contributed by atoms with E-state index < -0.39 is 0 Å². The first kappa shape index (κ1) is 12.0. The Morgan fingerprint density at radius 3 is 2.57 bits per heavy atom. The van der Waals surface area contributed by atoms with E-state index in [1.165, 1.54) is 45.4 Å². The molecule has 0 aromatic carbocycles. The number of rotatable bonds is 5. The van der Waals surface area contributed by atoms with Gasteiger partial charge in [-0.25, -0.2) is 0 Å². The van der Waals surface area contributed by atoms with Crippen LogP contribution in [-0.4, -0.2) is 26.2 Å². The molecule has 2 N–H and O–H groups in total.